The zero-order valence-corrected chi connectivity index (χ0v) is 18.4. The number of nitrogens with zero attached hydrogens (tertiary/aromatic N) is 3. The number of hydrogen-bond donors (Lipinski definition) is 0. The highest BCUT2D eigenvalue weighted by Gasteiger charge is 2.16. The van der Waals surface area contributed by atoms with Crippen LogP contribution in [0.1, 0.15) is 27.0 Å². The number of carbonyl (C=O) groups is 1. The molecule has 34 heavy (non-hydrogen) atoms. The van der Waals surface area contributed by atoms with E-state index in [1.807, 2.05) is 19.1 Å². The zero-order valence-electron chi connectivity index (χ0n) is 18.4. The number of pyridine rings is 1. The lowest BCUT2D eigenvalue weighted by Crippen LogP contribution is -2.06. The number of benzene rings is 3. The summed E-state index contributed by atoms with van der Waals surface area (Å²) in [6.07, 6.45) is 5.13. The number of aromatic nitrogens is 3. The smallest absolute Gasteiger partial charge is 0.193 e. The van der Waals surface area contributed by atoms with Crippen molar-refractivity contribution >= 4 is 16.8 Å². The molecule has 5 nitrogen and oxygen atoms in total. The van der Waals surface area contributed by atoms with Gasteiger partial charge in [-0.25, -0.2) is 9.37 Å². The van der Waals surface area contributed by atoms with Gasteiger partial charge in [-0.3, -0.25) is 14.8 Å². The summed E-state index contributed by atoms with van der Waals surface area (Å²) in [4.78, 5) is 26.7. The Kier molecular flexibility index (Phi) is 5.79. The fraction of sp³-hybridized carbons (Fsp3) is 0.0714. The second-order valence-electron chi connectivity index (χ2n) is 7.88. The number of ether oxygens (including phenoxy) is 1. The molecule has 6 heteroatoms. The summed E-state index contributed by atoms with van der Waals surface area (Å²) in [6.45, 7) is 2.05. The zero-order chi connectivity index (χ0) is 23.5. The largest absolute Gasteiger partial charge is 0.489 e. The van der Waals surface area contributed by atoms with Gasteiger partial charge in [-0.05, 0) is 61.0 Å². The van der Waals surface area contributed by atoms with Crippen LogP contribution in [-0.2, 0) is 6.61 Å². The van der Waals surface area contributed by atoms with Gasteiger partial charge in [0.15, 0.2) is 5.78 Å². The molecule has 0 bridgehead atoms. The standard InChI is InChI=1S/C28H20FN3O2/c1-18-23(8-3-9-27(18)34-17-19-5-2-7-22(29)13-19)28(33)20-10-11-24-25(14-20)32-26(16-31-24)21-6-4-12-30-15-21/h2-16H,17H2,1H3. The lowest BCUT2D eigenvalue weighted by atomic mass is 9.98. The van der Waals surface area contributed by atoms with Crippen molar-refractivity contribution in [3.63, 3.8) is 0 Å². The predicted octanol–water partition coefficient (Wildman–Crippen LogP) is 5.95. The molecule has 0 aliphatic carbocycles. The van der Waals surface area contributed by atoms with Crippen LogP contribution in [0.2, 0.25) is 0 Å². The Morgan fingerprint density at radius 1 is 0.941 bits per heavy atom. The van der Waals surface area contributed by atoms with Crippen molar-refractivity contribution in [1.29, 1.82) is 0 Å². The van der Waals surface area contributed by atoms with Crippen LogP contribution in [0.3, 0.4) is 0 Å². The van der Waals surface area contributed by atoms with Gasteiger partial charge in [0, 0.05) is 34.6 Å². The summed E-state index contributed by atoms with van der Waals surface area (Å²) < 4.78 is 19.3. The summed E-state index contributed by atoms with van der Waals surface area (Å²) >= 11 is 0. The van der Waals surface area contributed by atoms with Gasteiger partial charge in [0.25, 0.3) is 0 Å². The number of fused-ring (bicyclic) bond motifs is 1. The van der Waals surface area contributed by atoms with Gasteiger partial charge < -0.3 is 4.74 Å². The molecular weight excluding hydrogens is 429 g/mol. The topological polar surface area (TPSA) is 65.0 Å². The van der Waals surface area contributed by atoms with Gasteiger partial charge in [0.1, 0.15) is 18.2 Å². The maximum atomic E-state index is 13.4. The van der Waals surface area contributed by atoms with Gasteiger partial charge in [-0.1, -0.05) is 24.3 Å². The summed E-state index contributed by atoms with van der Waals surface area (Å²) in [5.74, 6) is 0.131. The lowest BCUT2D eigenvalue weighted by molar-refractivity contribution is 0.103. The van der Waals surface area contributed by atoms with E-state index in [0.717, 1.165) is 11.1 Å². The van der Waals surface area contributed by atoms with Crippen molar-refractivity contribution in [2.24, 2.45) is 0 Å². The van der Waals surface area contributed by atoms with Crippen LogP contribution in [0, 0.1) is 12.7 Å². The van der Waals surface area contributed by atoms with Crippen LogP contribution in [0.15, 0.2) is 91.4 Å². The minimum Gasteiger partial charge on any atom is -0.489 e. The third-order valence-corrected chi connectivity index (χ3v) is 5.57. The fourth-order valence-electron chi connectivity index (χ4n) is 3.77. The van der Waals surface area contributed by atoms with E-state index < -0.39 is 0 Å². The highest BCUT2D eigenvalue weighted by molar-refractivity contribution is 6.11. The monoisotopic (exact) mass is 449 g/mol. The van der Waals surface area contributed by atoms with Crippen LogP contribution >= 0.6 is 0 Å². The van der Waals surface area contributed by atoms with Gasteiger partial charge in [0.05, 0.1) is 22.9 Å². The van der Waals surface area contributed by atoms with E-state index in [2.05, 4.69) is 15.0 Å². The number of rotatable bonds is 6. The summed E-state index contributed by atoms with van der Waals surface area (Å²) in [6, 6.07) is 20.7. The van der Waals surface area contributed by atoms with E-state index in [1.165, 1.54) is 12.1 Å². The van der Waals surface area contributed by atoms with Crippen molar-refractivity contribution in [3.8, 4) is 17.0 Å². The quantitative estimate of drug-likeness (QED) is 0.300. The molecule has 2 heterocycles. The van der Waals surface area contributed by atoms with E-state index in [1.54, 1.807) is 67.1 Å². The van der Waals surface area contributed by atoms with Crippen molar-refractivity contribution in [3.05, 3.63) is 119 Å². The van der Waals surface area contributed by atoms with E-state index in [0.29, 0.717) is 39.2 Å². The molecule has 0 amide bonds. The molecule has 0 fully saturated rings. The van der Waals surface area contributed by atoms with Crippen LogP contribution in [0.25, 0.3) is 22.3 Å². The maximum Gasteiger partial charge on any atom is 0.193 e. The third-order valence-electron chi connectivity index (χ3n) is 5.57. The molecule has 0 aliphatic rings. The Balaban J connectivity index is 1.43. The molecule has 5 rings (SSSR count). The molecular formula is C28H20FN3O2. The molecule has 0 saturated carbocycles. The average molecular weight is 449 g/mol. The first-order valence-corrected chi connectivity index (χ1v) is 10.8. The van der Waals surface area contributed by atoms with Crippen LogP contribution in [0.5, 0.6) is 5.75 Å². The third kappa shape index (κ3) is 4.38. The first kappa shape index (κ1) is 21.4. The number of ketones is 1. The Bertz CT molecular complexity index is 1500. The summed E-state index contributed by atoms with van der Waals surface area (Å²) in [5, 5.41) is 0. The molecule has 0 atom stereocenters. The second kappa shape index (κ2) is 9.19. The molecule has 0 unspecified atom stereocenters. The predicted molar refractivity (Wildman–Crippen MR) is 128 cm³/mol. The van der Waals surface area contributed by atoms with Crippen molar-refractivity contribution in [2.45, 2.75) is 13.5 Å². The molecule has 0 spiro atoms. The Morgan fingerprint density at radius 2 is 1.82 bits per heavy atom. The Labute approximate surface area is 195 Å². The van der Waals surface area contributed by atoms with Crippen molar-refractivity contribution < 1.29 is 13.9 Å². The van der Waals surface area contributed by atoms with Crippen LogP contribution in [-0.4, -0.2) is 20.7 Å². The Morgan fingerprint density at radius 3 is 2.65 bits per heavy atom. The molecule has 3 aromatic carbocycles. The molecule has 0 aliphatic heterocycles. The highest BCUT2D eigenvalue weighted by Crippen LogP contribution is 2.26. The number of carbonyl (C=O) groups excluding carboxylic acids is 1. The lowest BCUT2D eigenvalue weighted by Gasteiger charge is -2.13. The van der Waals surface area contributed by atoms with Gasteiger partial charge in [-0.15, -0.1) is 0 Å². The summed E-state index contributed by atoms with van der Waals surface area (Å²) in [7, 11) is 0. The fourth-order valence-corrected chi connectivity index (χ4v) is 3.77. The van der Waals surface area contributed by atoms with Crippen molar-refractivity contribution in [1.82, 2.24) is 15.0 Å². The second-order valence-corrected chi connectivity index (χ2v) is 7.88. The van der Waals surface area contributed by atoms with Gasteiger partial charge in [0.2, 0.25) is 0 Å². The summed E-state index contributed by atoms with van der Waals surface area (Å²) in [5.41, 5.74) is 5.36. The molecule has 0 radical (unpaired) electrons. The Hall–Kier alpha value is -4.45. The first-order chi connectivity index (χ1) is 16.6. The van der Waals surface area contributed by atoms with E-state index >= 15 is 0 Å². The molecule has 0 saturated heterocycles. The minimum absolute atomic E-state index is 0.135. The van der Waals surface area contributed by atoms with Gasteiger partial charge >= 0.3 is 0 Å². The first-order valence-electron chi connectivity index (χ1n) is 10.8. The normalized spacial score (nSPS) is 10.9. The molecule has 5 aromatic rings. The maximum absolute atomic E-state index is 13.4. The van der Waals surface area contributed by atoms with Crippen LogP contribution in [0.4, 0.5) is 4.39 Å². The van der Waals surface area contributed by atoms with E-state index in [9.17, 15) is 9.18 Å². The van der Waals surface area contributed by atoms with E-state index in [4.69, 9.17) is 4.74 Å². The van der Waals surface area contributed by atoms with Crippen molar-refractivity contribution in [2.75, 3.05) is 0 Å². The minimum atomic E-state index is -0.312. The van der Waals surface area contributed by atoms with E-state index in [-0.39, 0.29) is 18.2 Å². The highest BCUT2D eigenvalue weighted by atomic mass is 19.1. The SMILES string of the molecule is Cc1c(OCc2cccc(F)c2)cccc1C(=O)c1ccc2ncc(-c3cccnc3)nc2c1. The molecule has 0 N–H and O–H groups in total. The average Bonchev–Trinajstić information content (AvgIpc) is 2.87. The van der Waals surface area contributed by atoms with Crippen LogP contribution < -0.4 is 4.74 Å². The molecule has 2 aromatic heterocycles. The number of halogens is 1. The molecule has 166 valence electrons. The number of hydrogen-bond acceptors (Lipinski definition) is 5. The van der Waals surface area contributed by atoms with Gasteiger partial charge in [-0.2, -0.15) is 0 Å².